The van der Waals surface area contributed by atoms with Crippen LogP contribution < -0.4 is 0 Å². The smallest absolute Gasteiger partial charge is 0.187 e. The lowest BCUT2D eigenvalue weighted by molar-refractivity contribution is -0.317. The first-order valence-electron chi connectivity index (χ1n) is 5.63. The van der Waals surface area contributed by atoms with Crippen LogP contribution in [0.1, 0.15) is 34.1 Å². The predicted molar refractivity (Wildman–Crippen MR) is 57.8 cm³/mol. The van der Waals surface area contributed by atoms with Crippen molar-refractivity contribution in [3.05, 3.63) is 0 Å². The van der Waals surface area contributed by atoms with Crippen LogP contribution in [0.4, 0.5) is 0 Å². The molecule has 0 aromatic carbocycles. The molecule has 1 aliphatic heterocycles. The van der Waals surface area contributed by atoms with Gasteiger partial charge in [0.25, 0.3) is 0 Å². The second-order valence-electron chi connectivity index (χ2n) is 5.15. The maximum absolute atomic E-state index is 9.72. The Bertz CT molecular complexity index is 223. The second kappa shape index (κ2) is 4.98. The Morgan fingerprint density at radius 2 is 1.62 bits per heavy atom. The van der Waals surface area contributed by atoms with Crippen LogP contribution in [-0.4, -0.2) is 51.6 Å². The number of ether oxygens (including phenoxy) is 2. The number of hydrogen-bond donors (Lipinski definition) is 3. The van der Waals surface area contributed by atoms with E-state index in [1.165, 1.54) is 0 Å². The Hall–Kier alpha value is -0.200. The second-order valence-corrected chi connectivity index (χ2v) is 5.15. The molecule has 16 heavy (non-hydrogen) atoms. The van der Waals surface area contributed by atoms with Crippen LogP contribution in [0.3, 0.4) is 0 Å². The van der Waals surface area contributed by atoms with Gasteiger partial charge in [-0.3, -0.25) is 0 Å². The number of rotatable bonds is 2. The molecule has 5 nitrogen and oxygen atoms in total. The quantitative estimate of drug-likeness (QED) is 0.627. The van der Waals surface area contributed by atoms with E-state index in [-0.39, 0.29) is 0 Å². The number of aliphatic hydroxyl groups is 3. The summed E-state index contributed by atoms with van der Waals surface area (Å²) >= 11 is 0. The molecule has 0 radical (unpaired) electrons. The van der Waals surface area contributed by atoms with Crippen molar-refractivity contribution >= 4 is 0 Å². The highest BCUT2D eigenvalue weighted by Gasteiger charge is 2.44. The molecule has 0 aliphatic carbocycles. The Morgan fingerprint density at radius 3 is 2.06 bits per heavy atom. The topological polar surface area (TPSA) is 79.2 Å². The van der Waals surface area contributed by atoms with Gasteiger partial charge in [-0.1, -0.05) is 6.92 Å². The Labute approximate surface area is 96.0 Å². The Morgan fingerprint density at radius 1 is 1.06 bits per heavy atom. The average Bonchev–Trinajstić information content (AvgIpc) is 2.17. The van der Waals surface area contributed by atoms with Crippen molar-refractivity contribution in [3.8, 4) is 0 Å². The van der Waals surface area contributed by atoms with Gasteiger partial charge in [0.2, 0.25) is 0 Å². The Kier molecular flexibility index (Phi) is 4.31. The van der Waals surface area contributed by atoms with Crippen LogP contribution in [0.5, 0.6) is 0 Å². The van der Waals surface area contributed by atoms with Gasteiger partial charge in [-0.05, 0) is 27.2 Å². The fraction of sp³-hybridized carbons (Fsp3) is 1.00. The molecule has 0 saturated carbocycles. The van der Waals surface area contributed by atoms with Gasteiger partial charge in [-0.15, -0.1) is 0 Å². The van der Waals surface area contributed by atoms with Crippen molar-refractivity contribution in [2.24, 2.45) is 0 Å². The molecule has 0 unspecified atom stereocenters. The van der Waals surface area contributed by atoms with Crippen LogP contribution in [0.25, 0.3) is 0 Å². The summed E-state index contributed by atoms with van der Waals surface area (Å²) in [6.45, 7) is 7.34. The summed E-state index contributed by atoms with van der Waals surface area (Å²) in [6.07, 6.45) is -4.38. The molecule has 96 valence electrons. The fourth-order valence-electron chi connectivity index (χ4n) is 1.70. The van der Waals surface area contributed by atoms with Gasteiger partial charge in [0.15, 0.2) is 6.29 Å². The van der Waals surface area contributed by atoms with E-state index in [4.69, 9.17) is 9.47 Å². The lowest BCUT2D eigenvalue weighted by atomic mass is 9.97. The van der Waals surface area contributed by atoms with E-state index in [1.54, 1.807) is 0 Å². The van der Waals surface area contributed by atoms with E-state index in [9.17, 15) is 15.3 Å². The summed E-state index contributed by atoms with van der Waals surface area (Å²) in [6, 6.07) is 0. The van der Waals surface area contributed by atoms with Crippen molar-refractivity contribution in [3.63, 3.8) is 0 Å². The third-order valence-electron chi connectivity index (χ3n) is 2.54. The summed E-state index contributed by atoms with van der Waals surface area (Å²) in [7, 11) is 0. The van der Waals surface area contributed by atoms with E-state index in [2.05, 4.69) is 0 Å². The summed E-state index contributed by atoms with van der Waals surface area (Å²) < 4.78 is 10.9. The molecule has 0 bridgehead atoms. The monoisotopic (exact) mass is 234 g/mol. The third-order valence-corrected chi connectivity index (χ3v) is 2.54. The average molecular weight is 234 g/mol. The first kappa shape index (κ1) is 13.9. The van der Waals surface area contributed by atoms with E-state index < -0.39 is 36.3 Å². The van der Waals surface area contributed by atoms with Gasteiger partial charge >= 0.3 is 0 Å². The van der Waals surface area contributed by atoms with Gasteiger partial charge in [0.05, 0.1) is 11.7 Å². The number of aliphatic hydroxyl groups excluding tert-OH is 3. The molecule has 0 aromatic rings. The van der Waals surface area contributed by atoms with E-state index in [1.807, 2.05) is 27.7 Å². The highest BCUT2D eigenvalue weighted by Crippen LogP contribution is 2.26. The van der Waals surface area contributed by atoms with Gasteiger partial charge in [-0.2, -0.15) is 0 Å². The molecule has 5 heteroatoms. The van der Waals surface area contributed by atoms with Gasteiger partial charge in [-0.25, -0.2) is 0 Å². The van der Waals surface area contributed by atoms with Gasteiger partial charge < -0.3 is 24.8 Å². The van der Waals surface area contributed by atoms with Crippen molar-refractivity contribution in [1.82, 2.24) is 0 Å². The molecule has 1 aliphatic rings. The predicted octanol–water partition coefficient (Wildman–Crippen LogP) is 0.0191. The van der Waals surface area contributed by atoms with Crippen LogP contribution in [-0.2, 0) is 9.47 Å². The van der Waals surface area contributed by atoms with Gasteiger partial charge in [0.1, 0.15) is 18.3 Å². The minimum atomic E-state index is -1.23. The lowest BCUT2D eigenvalue weighted by Gasteiger charge is -2.42. The Balaban J connectivity index is 2.71. The van der Waals surface area contributed by atoms with E-state index in [0.29, 0.717) is 6.42 Å². The molecule has 1 saturated heterocycles. The molecule has 3 N–H and O–H groups in total. The standard InChI is InChI=1S/C11H22O5/c1-5-6-7(12)8(13)9(14)10(15-6)16-11(2,3)4/h6-10,12-14H,5H2,1-4H3/t6-,7-,8+,9+,10-/m1/s1. The summed E-state index contributed by atoms with van der Waals surface area (Å²) in [5.41, 5.74) is -0.480. The minimum Gasteiger partial charge on any atom is -0.388 e. The maximum atomic E-state index is 9.72. The van der Waals surface area contributed by atoms with Crippen molar-refractivity contribution in [2.45, 2.75) is 70.4 Å². The highest BCUT2D eigenvalue weighted by atomic mass is 16.7. The SMILES string of the molecule is CC[C@H]1O[C@H](OC(C)(C)C)[C@@H](O)[C@@H](O)[C@@H]1O. The maximum Gasteiger partial charge on any atom is 0.187 e. The van der Waals surface area contributed by atoms with E-state index in [0.717, 1.165) is 0 Å². The van der Waals surface area contributed by atoms with Crippen molar-refractivity contribution < 1.29 is 24.8 Å². The van der Waals surface area contributed by atoms with Crippen LogP contribution >= 0.6 is 0 Å². The summed E-state index contributed by atoms with van der Waals surface area (Å²) in [4.78, 5) is 0. The minimum absolute atomic E-state index is 0.480. The first-order chi connectivity index (χ1) is 7.26. The third kappa shape index (κ3) is 3.15. The van der Waals surface area contributed by atoms with Crippen molar-refractivity contribution in [2.75, 3.05) is 0 Å². The molecule has 0 amide bonds. The zero-order valence-electron chi connectivity index (χ0n) is 10.3. The molecule has 1 fully saturated rings. The molecular formula is C11H22O5. The highest BCUT2D eigenvalue weighted by molar-refractivity contribution is 4.89. The fourth-order valence-corrected chi connectivity index (χ4v) is 1.70. The summed E-state index contributed by atoms with van der Waals surface area (Å²) in [5, 5.41) is 29.0. The molecule has 5 atom stereocenters. The van der Waals surface area contributed by atoms with Crippen LogP contribution in [0.2, 0.25) is 0 Å². The normalized spacial score (nSPS) is 41.1. The molecular weight excluding hydrogens is 212 g/mol. The van der Waals surface area contributed by atoms with Crippen LogP contribution in [0.15, 0.2) is 0 Å². The molecule has 1 rings (SSSR count). The largest absolute Gasteiger partial charge is 0.388 e. The molecule has 0 aromatic heterocycles. The molecule has 0 spiro atoms. The lowest BCUT2D eigenvalue weighted by Crippen LogP contribution is -2.59. The zero-order valence-corrected chi connectivity index (χ0v) is 10.3. The van der Waals surface area contributed by atoms with Crippen molar-refractivity contribution in [1.29, 1.82) is 0 Å². The van der Waals surface area contributed by atoms with Crippen LogP contribution in [0, 0.1) is 0 Å². The number of hydrogen-bond acceptors (Lipinski definition) is 5. The summed E-state index contributed by atoms with van der Waals surface area (Å²) in [5.74, 6) is 0. The molecule has 1 heterocycles. The first-order valence-corrected chi connectivity index (χ1v) is 5.63. The van der Waals surface area contributed by atoms with E-state index >= 15 is 0 Å². The van der Waals surface area contributed by atoms with Gasteiger partial charge in [0, 0.05) is 0 Å². The zero-order chi connectivity index (χ0) is 12.5.